The lowest BCUT2D eigenvalue weighted by molar-refractivity contribution is 0.181. The SMILES string of the molecule is CCNC(=NCc1noc(C)n1)NCC(O)c1cc(Cl)cc(Cl)c1.I. The maximum Gasteiger partial charge on any atom is 0.223 e. The number of hydrogen-bond donors (Lipinski definition) is 3. The van der Waals surface area contributed by atoms with Crippen LogP contribution in [0.1, 0.15) is 30.3 Å². The number of guanidine groups is 1. The Bertz CT molecular complexity index is 691. The number of rotatable bonds is 6. The molecule has 0 aliphatic heterocycles. The summed E-state index contributed by atoms with van der Waals surface area (Å²) < 4.78 is 4.90. The quantitative estimate of drug-likeness (QED) is 0.321. The molecule has 0 radical (unpaired) electrons. The molecule has 1 heterocycles. The van der Waals surface area contributed by atoms with Gasteiger partial charge in [-0.15, -0.1) is 24.0 Å². The normalized spacial score (nSPS) is 12.4. The molecule has 0 aliphatic rings. The second kappa shape index (κ2) is 10.8. The highest BCUT2D eigenvalue weighted by Crippen LogP contribution is 2.23. The molecule has 3 N–H and O–H groups in total. The smallest absolute Gasteiger partial charge is 0.223 e. The highest BCUT2D eigenvalue weighted by molar-refractivity contribution is 14.0. The van der Waals surface area contributed by atoms with E-state index in [0.717, 1.165) is 0 Å². The van der Waals surface area contributed by atoms with Crippen molar-refractivity contribution >= 4 is 53.1 Å². The first kappa shape index (κ1) is 21.9. The number of aromatic nitrogens is 2. The minimum Gasteiger partial charge on any atom is -0.387 e. The van der Waals surface area contributed by atoms with E-state index >= 15 is 0 Å². The first-order chi connectivity index (χ1) is 11.5. The Balaban J connectivity index is 0.00000312. The molecule has 1 atom stereocenters. The van der Waals surface area contributed by atoms with E-state index in [2.05, 4.69) is 25.8 Å². The lowest BCUT2D eigenvalue weighted by Gasteiger charge is -2.16. The summed E-state index contributed by atoms with van der Waals surface area (Å²) in [6.07, 6.45) is -0.780. The fraction of sp³-hybridized carbons (Fsp3) is 0.400. The van der Waals surface area contributed by atoms with Crippen molar-refractivity contribution in [3.63, 3.8) is 0 Å². The van der Waals surface area contributed by atoms with Crippen molar-refractivity contribution in [3.05, 3.63) is 45.5 Å². The van der Waals surface area contributed by atoms with Gasteiger partial charge in [0.2, 0.25) is 5.89 Å². The fourth-order valence-electron chi connectivity index (χ4n) is 1.98. The predicted molar refractivity (Wildman–Crippen MR) is 109 cm³/mol. The Hall–Kier alpha value is -1.10. The van der Waals surface area contributed by atoms with Gasteiger partial charge in [-0.3, -0.25) is 0 Å². The van der Waals surface area contributed by atoms with E-state index in [9.17, 15) is 5.11 Å². The molecule has 1 aromatic carbocycles. The van der Waals surface area contributed by atoms with Gasteiger partial charge in [-0.2, -0.15) is 4.98 Å². The van der Waals surface area contributed by atoms with Gasteiger partial charge in [0.15, 0.2) is 11.8 Å². The number of aliphatic hydroxyl groups is 1. The topological polar surface area (TPSA) is 95.6 Å². The minimum atomic E-state index is -0.780. The number of aliphatic hydroxyl groups excluding tert-OH is 1. The molecule has 7 nitrogen and oxygen atoms in total. The summed E-state index contributed by atoms with van der Waals surface area (Å²) in [6, 6.07) is 4.96. The molecule has 1 unspecified atom stereocenters. The van der Waals surface area contributed by atoms with Crippen molar-refractivity contribution in [1.29, 1.82) is 0 Å². The first-order valence-corrected chi connectivity index (χ1v) is 8.19. The minimum absolute atomic E-state index is 0. The van der Waals surface area contributed by atoms with E-state index < -0.39 is 6.10 Å². The number of halogens is 3. The van der Waals surface area contributed by atoms with Crippen LogP contribution in [0.2, 0.25) is 10.0 Å². The summed E-state index contributed by atoms with van der Waals surface area (Å²) in [4.78, 5) is 8.43. The third-order valence-corrected chi connectivity index (χ3v) is 3.46. The number of benzene rings is 1. The van der Waals surface area contributed by atoms with Gasteiger partial charge >= 0.3 is 0 Å². The Labute approximate surface area is 173 Å². The van der Waals surface area contributed by atoms with E-state index in [-0.39, 0.29) is 37.1 Å². The van der Waals surface area contributed by atoms with Crippen LogP contribution < -0.4 is 10.6 Å². The van der Waals surface area contributed by atoms with Gasteiger partial charge in [-0.25, -0.2) is 4.99 Å². The zero-order valence-electron chi connectivity index (χ0n) is 13.8. The highest BCUT2D eigenvalue weighted by Gasteiger charge is 2.11. The largest absolute Gasteiger partial charge is 0.387 e. The van der Waals surface area contributed by atoms with Crippen LogP contribution in [0.3, 0.4) is 0 Å². The second-order valence-electron chi connectivity index (χ2n) is 5.02. The zero-order chi connectivity index (χ0) is 17.5. The van der Waals surface area contributed by atoms with Gasteiger partial charge in [0, 0.05) is 30.1 Å². The molecule has 0 amide bonds. The molecule has 138 valence electrons. The van der Waals surface area contributed by atoms with Crippen LogP contribution in [0.15, 0.2) is 27.7 Å². The van der Waals surface area contributed by atoms with Gasteiger partial charge in [0.1, 0.15) is 6.54 Å². The van der Waals surface area contributed by atoms with Crippen LogP contribution in [0.4, 0.5) is 0 Å². The zero-order valence-corrected chi connectivity index (χ0v) is 17.6. The molecule has 1 aromatic heterocycles. The average molecular weight is 500 g/mol. The summed E-state index contributed by atoms with van der Waals surface area (Å²) in [5, 5.41) is 21.1. The Morgan fingerprint density at radius 2 is 1.96 bits per heavy atom. The standard InChI is InChI=1S/C15H19Cl2N5O2.HI/c1-3-18-15(20-8-14-21-9(2)24-22-14)19-7-13(23)10-4-11(16)6-12(17)5-10;/h4-6,13,23H,3,7-8H2,1-2H3,(H2,18,19,20);1H. The number of nitrogens with zero attached hydrogens (tertiary/aromatic N) is 3. The van der Waals surface area contributed by atoms with Crippen molar-refractivity contribution in [2.45, 2.75) is 26.5 Å². The first-order valence-electron chi connectivity index (χ1n) is 7.43. The second-order valence-corrected chi connectivity index (χ2v) is 5.90. The van der Waals surface area contributed by atoms with E-state index in [1.54, 1.807) is 25.1 Å². The maximum absolute atomic E-state index is 10.3. The molecular weight excluding hydrogens is 480 g/mol. The van der Waals surface area contributed by atoms with Crippen molar-refractivity contribution < 1.29 is 9.63 Å². The van der Waals surface area contributed by atoms with Crippen LogP contribution in [0.5, 0.6) is 0 Å². The van der Waals surface area contributed by atoms with Gasteiger partial charge in [-0.05, 0) is 30.7 Å². The summed E-state index contributed by atoms with van der Waals surface area (Å²) in [7, 11) is 0. The van der Waals surface area contributed by atoms with Gasteiger partial charge in [0.25, 0.3) is 0 Å². The molecule has 0 saturated carbocycles. The van der Waals surface area contributed by atoms with E-state index in [4.69, 9.17) is 27.7 Å². The number of aryl methyl sites for hydroxylation is 1. The van der Waals surface area contributed by atoms with Crippen molar-refractivity contribution in [3.8, 4) is 0 Å². The average Bonchev–Trinajstić information content (AvgIpc) is 2.94. The monoisotopic (exact) mass is 499 g/mol. The lowest BCUT2D eigenvalue weighted by atomic mass is 10.1. The predicted octanol–water partition coefficient (Wildman–Crippen LogP) is 3.09. The van der Waals surface area contributed by atoms with Crippen LogP contribution in [0.25, 0.3) is 0 Å². The molecule has 2 aromatic rings. The summed E-state index contributed by atoms with van der Waals surface area (Å²) in [5.41, 5.74) is 0.629. The Kier molecular flexibility index (Phi) is 9.47. The lowest BCUT2D eigenvalue weighted by Crippen LogP contribution is -2.39. The van der Waals surface area contributed by atoms with Crippen LogP contribution in [-0.2, 0) is 6.54 Å². The van der Waals surface area contributed by atoms with Crippen molar-refractivity contribution in [2.24, 2.45) is 4.99 Å². The molecule has 0 aliphatic carbocycles. The molecule has 10 heteroatoms. The van der Waals surface area contributed by atoms with Crippen LogP contribution >= 0.6 is 47.2 Å². The molecule has 0 fully saturated rings. The van der Waals surface area contributed by atoms with E-state index in [0.29, 0.717) is 39.8 Å². The number of nitrogens with one attached hydrogen (secondary N) is 2. The molecule has 0 bridgehead atoms. The Morgan fingerprint density at radius 3 is 2.52 bits per heavy atom. The number of aliphatic imine (C=N–C) groups is 1. The highest BCUT2D eigenvalue weighted by atomic mass is 127. The summed E-state index contributed by atoms with van der Waals surface area (Å²) in [6.45, 7) is 4.86. The molecular formula is C15H20Cl2IN5O2. The van der Waals surface area contributed by atoms with Gasteiger partial charge in [-0.1, -0.05) is 28.4 Å². The summed E-state index contributed by atoms with van der Waals surface area (Å²) >= 11 is 11.9. The molecule has 0 saturated heterocycles. The molecule has 25 heavy (non-hydrogen) atoms. The summed E-state index contributed by atoms with van der Waals surface area (Å²) in [5.74, 6) is 1.52. The van der Waals surface area contributed by atoms with Crippen LogP contribution in [0, 0.1) is 6.92 Å². The molecule has 2 rings (SSSR count). The van der Waals surface area contributed by atoms with Crippen molar-refractivity contribution in [2.75, 3.05) is 13.1 Å². The van der Waals surface area contributed by atoms with Gasteiger partial charge < -0.3 is 20.3 Å². The van der Waals surface area contributed by atoms with E-state index in [1.807, 2.05) is 6.92 Å². The fourth-order valence-corrected chi connectivity index (χ4v) is 2.52. The van der Waals surface area contributed by atoms with E-state index in [1.165, 1.54) is 0 Å². The maximum atomic E-state index is 10.3. The van der Waals surface area contributed by atoms with Crippen molar-refractivity contribution in [1.82, 2.24) is 20.8 Å². The third-order valence-electron chi connectivity index (χ3n) is 3.02. The van der Waals surface area contributed by atoms with Gasteiger partial charge in [0.05, 0.1) is 6.10 Å². The Morgan fingerprint density at radius 1 is 1.28 bits per heavy atom. The number of hydrogen-bond acceptors (Lipinski definition) is 5. The molecule has 0 spiro atoms. The third kappa shape index (κ3) is 7.35. The van der Waals surface area contributed by atoms with Crippen LogP contribution in [-0.4, -0.2) is 34.3 Å².